The molecular weight excluding hydrogens is 294 g/mol. The van der Waals surface area contributed by atoms with Crippen molar-refractivity contribution in [2.24, 2.45) is 0 Å². The van der Waals surface area contributed by atoms with Crippen LogP contribution in [0.2, 0.25) is 0 Å². The summed E-state index contributed by atoms with van der Waals surface area (Å²) in [4.78, 5) is 0. The lowest BCUT2D eigenvalue weighted by molar-refractivity contribution is 0.349. The maximum atomic E-state index is 5.21. The molecule has 1 aliphatic rings. The molecule has 0 atom stereocenters. The first-order chi connectivity index (χ1) is 11.6. The second-order valence-corrected chi connectivity index (χ2v) is 7.03. The number of benzene rings is 2. The van der Waals surface area contributed by atoms with Crippen molar-refractivity contribution in [3.63, 3.8) is 0 Å². The van der Waals surface area contributed by atoms with E-state index < -0.39 is 0 Å². The lowest BCUT2D eigenvalue weighted by atomic mass is 9.83. The maximum Gasteiger partial charge on any atom is 0.118 e. The largest absolute Gasteiger partial charge is 0.497 e. The van der Waals surface area contributed by atoms with Crippen molar-refractivity contribution in [2.45, 2.75) is 44.6 Å². The second-order valence-electron chi connectivity index (χ2n) is 7.03. The number of rotatable bonds is 5. The summed E-state index contributed by atoms with van der Waals surface area (Å²) in [5, 5.41) is 3.73. The predicted molar refractivity (Wildman–Crippen MR) is 103 cm³/mol. The highest BCUT2D eigenvalue weighted by Crippen LogP contribution is 2.32. The first kappa shape index (κ1) is 16.6. The summed E-state index contributed by atoms with van der Waals surface area (Å²) in [5.41, 5.74) is 4.75. The van der Waals surface area contributed by atoms with Gasteiger partial charge < -0.3 is 10.1 Å². The van der Waals surface area contributed by atoms with E-state index in [2.05, 4.69) is 55.2 Å². The molecule has 24 heavy (non-hydrogen) atoms. The van der Waals surface area contributed by atoms with Crippen molar-refractivity contribution >= 4 is 11.3 Å². The third-order valence-electron chi connectivity index (χ3n) is 5.08. The highest BCUT2D eigenvalue weighted by atomic mass is 16.5. The SMILES string of the molecule is C=C(c1ccc(NC2(C)CCCCC2)cc1)c1ccc(OC)cc1. The Morgan fingerprint density at radius 2 is 1.46 bits per heavy atom. The van der Waals surface area contributed by atoms with Gasteiger partial charge in [-0.15, -0.1) is 0 Å². The average molecular weight is 321 g/mol. The highest BCUT2D eigenvalue weighted by molar-refractivity contribution is 5.78. The lowest BCUT2D eigenvalue weighted by Crippen LogP contribution is -2.36. The van der Waals surface area contributed by atoms with E-state index in [9.17, 15) is 0 Å². The topological polar surface area (TPSA) is 21.3 Å². The maximum absolute atomic E-state index is 5.21. The number of hydrogen-bond acceptors (Lipinski definition) is 2. The van der Waals surface area contributed by atoms with Crippen LogP contribution in [0.5, 0.6) is 5.75 Å². The minimum atomic E-state index is 0.243. The molecule has 0 bridgehead atoms. The molecule has 0 unspecified atom stereocenters. The standard InChI is InChI=1S/C22H27NO/c1-17(19-9-13-21(24-3)14-10-19)18-7-11-20(12-8-18)23-22(2)15-5-4-6-16-22/h7-14,23H,1,4-6,15-16H2,2-3H3. The Morgan fingerprint density at radius 3 is 2.00 bits per heavy atom. The molecule has 1 saturated carbocycles. The number of ether oxygens (including phenoxy) is 1. The zero-order valence-electron chi connectivity index (χ0n) is 14.8. The van der Waals surface area contributed by atoms with Crippen LogP contribution in [0.3, 0.4) is 0 Å². The fraction of sp³-hybridized carbons (Fsp3) is 0.364. The van der Waals surface area contributed by atoms with Crippen molar-refractivity contribution in [3.8, 4) is 5.75 Å². The summed E-state index contributed by atoms with van der Waals surface area (Å²) in [6, 6.07) is 16.7. The minimum Gasteiger partial charge on any atom is -0.497 e. The van der Waals surface area contributed by atoms with Gasteiger partial charge in [0, 0.05) is 11.2 Å². The molecule has 0 heterocycles. The van der Waals surface area contributed by atoms with E-state index in [1.54, 1.807) is 7.11 Å². The summed E-state index contributed by atoms with van der Waals surface area (Å²) >= 11 is 0. The van der Waals surface area contributed by atoms with Gasteiger partial charge in [0.1, 0.15) is 5.75 Å². The van der Waals surface area contributed by atoms with Gasteiger partial charge in [-0.2, -0.15) is 0 Å². The Morgan fingerprint density at radius 1 is 0.917 bits per heavy atom. The van der Waals surface area contributed by atoms with Crippen molar-refractivity contribution in [2.75, 3.05) is 12.4 Å². The summed E-state index contributed by atoms with van der Waals surface area (Å²) in [5.74, 6) is 0.867. The molecule has 0 aromatic heterocycles. The second kappa shape index (κ2) is 7.12. The molecule has 1 aliphatic carbocycles. The quantitative estimate of drug-likeness (QED) is 0.741. The van der Waals surface area contributed by atoms with Crippen molar-refractivity contribution in [1.82, 2.24) is 0 Å². The number of methoxy groups -OCH3 is 1. The van der Waals surface area contributed by atoms with Gasteiger partial charge in [-0.05, 0) is 60.7 Å². The Labute approximate surface area is 145 Å². The molecule has 0 amide bonds. The van der Waals surface area contributed by atoms with Crippen molar-refractivity contribution in [3.05, 3.63) is 66.2 Å². The molecule has 3 rings (SSSR count). The van der Waals surface area contributed by atoms with Crippen molar-refractivity contribution < 1.29 is 4.74 Å². The highest BCUT2D eigenvalue weighted by Gasteiger charge is 2.26. The monoisotopic (exact) mass is 321 g/mol. The number of anilines is 1. The molecule has 2 heteroatoms. The molecule has 2 aromatic rings. The number of nitrogens with one attached hydrogen (secondary N) is 1. The zero-order chi connectivity index (χ0) is 17.0. The Balaban J connectivity index is 1.70. The Hall–Kier alpha value is -2.22. The Kier molecular flexibility index (Phi) is 4.94. The number of hydrogen-bond donors (Lipinski definition) is 1. The average Bonchev–Trinajstić information content (AvgIpc) is 2.62. The summed E-state index contributed by atoms with van der Waals surface area (Å²) < 4.78 is 5.21. The molecule has 0 spiro atoms. The van der Waals surface area contributed by atoms with Gasteiger partial charge in [-0.3, -0.25) is 0 Å². The molecular formula is C22H27NO. The molecule has 0 saturated heterocycles. The van der Waals surface area contributed by atoms with Gasteiger partial charge in [0.25, 0.3) is 0 Å². The van der Waals surface area contributed by atoms with E-state index in [-0.39, 0.29) is 5.54 Å². The molecule has 2 nitrogen and oxygen atoms in total. The van der Waals surface area contributed by atoms with Crippen LogP contribution in [0, 0.1) is 0 Å². The van der Waals surface area contributed by atoms with Crippen LogP contribution in [0.25, 0.3) is 5.57 Å². The third kappa shape index (κ3) is 3.81. The van der Waals surface area contributed by atoms with E-state index in [0.29, 0.717) is 0 Å². The molecule has 1 fully saturated rings. The first-order valence-corrected chi connectivity index (χ1v) is 8.82. The Bertz CT molecular complexity index is 679. The van der Waals surface area contributed by atoms with Crippen molar-refractivity contribution in [1.29, 1.82) is 0 Å². The molecule has 0 radical (unpaired) electrons. The normalized spacial score (nSPS) is 16.4. The van der Waals surface area contributed by atoms with Gasteiger partial charge >= 0.3 is 0 Å². The summed E-state index contributed by atoms with van der Waals surface area (Å²) in [6.45, 7) is 6.59. The van der Waals surface area contributed by atoms with Gasteiger partial charge in [-0.25, -0.2) is 0 Å². The third-order valence-corrected chi connectivity index (χ3v) is 5.08. The summed E-state index contributed by atoms with van der Waals surface area (Å²) in [7, 11) is 1.68. The van der Waals surface area contributed by atoms with Gasteiger partial charge in [-0.1, -0.05) is 50.1 Å². The lowest BCUT2D eigenvalue weighted by Gasteiger charge is -2.35. The predicted octanol–water partition coefficient (Wildman–Crippen LogP) is 5.89. The van der Waals surface area contributed by atoms with Gasteiger partial charge in [0.2, 0.25) is 0 Å². The van der Waals surface area contributed by atoms with Crippen LogP contribution >= 0.6 is 0 Å². The zero-order valence-corrected chi connectivity index (χ0v) is 14.8. The molecule has 0 aliphatic heterocycles. The smallest absolute Gasteiger partial charge is 0.118 e. The van der Waals surface area contributed by atoms with Crippen LogP contribution in [-0.4, -0.2) is 12.6 Å². The first-order valence-electron chi connectivity index (χ1n) is 8.82. The van der Waals surface area contributed by atoms with E-state index >= 15 is 0 Å². The van der Waals surface area contributed by atoms with E-state index in [4.69, 9.17) is 4.74 Å². The van der Waals surface area contributed by atoms with Crippen LogP contribution in [0.15, 0.2) is 55.1 Å². The summed E-state index contributed by atoms with van der Waals surface area (Å²) in [6.07, 6.45) is 6.55. The van der Waals surface area contributed by atoms with Crippen LogP contribution in [0.4, 0.5) is 5.69 Å². The van der Waals surface area contributed by atoms with E-state index in [1.807, 2.05) is 12.1 Å². The van der Waals surface area contributed by atoms with Crippen LogP contribution < -0.4 is 10.1 Å². The van der Waals surface area contributed by atoms with E-state index in [0.717, 1.165) is 22.4 Å². The fourth-order valence-electron chi connectivity index (χ4n) is 3.52. The van der Waals surface area contributed by atoms with E-state index in [1.165, 1.54) is 37.8 Å². The van der Waals surface area contributed by atoms with Crippen LogP contribution in [0.1, 0.15) is 50.2 Å². The van der Waals surface area contributed by atoms with Gasteiger partial charge in [0.15, 0.2) is 0 Å². The van der Waals surface area contributed by atoms with Crippen LogP contribution in [-0.2, 0) is 0 Å². The van der Waals surface area contributed by atoms with Gasteiger partial charge in [0.05, 0.1) is 7.11 Å². The fourth-order valence-corrected chi connectivity index (χ4v) is 3.52. The molecule has 2 aromatic carbocycles. The molecule has 1 N–H and O–H groups in total. The molecule has 126 valence electrons. The minimum absolute atomic E-state index is 0.243.